The van der Waals surface area contributed by atoms with Gasteiger partial charge >= 0.3 is 0 Å². The van der Waals surface area contributed by atoms with Gasteiger partial charge in [0.1, 0.15) is 5.75 Å². The molecule has 0 bridgehead atoms. The molecule has 3 rings (SSSR count). The highest BCUT2D eigenvalue weighted by Gasteiger charge is 2.25. The number of anilines is 1. The Morgan fingerprint density at radius 3 is 2.30 bits per heavy atom. The zero-order valence-corrected chi connectivity index (χ0v) is 16.0. The number of amides is 1. The third kappa shape index (κ3) is 5.30. The maximum Gasteiger partial charge on any atom is 0.243 e. The lowest BCUT2D eigenvalue weighted by atomic mass is 10.2. The minimum Gasteiger partial charge on any atom is -0.493 e. The second kappa shape index (κ2) is 9.01. The van der Waals surface area contributed by atoms with Gasteiger partial charge in [0.2, 0.25) is 15.9 Å². The van der Waals surface area contributed by atoms with E-state index in [9.17, 15) is 13.2 Å². The van der Waals surface area contributed by atoms with Crippen LogP contribution in [0.3, 0.4) is 0 Å². The van der Waals surface area contributed by atoms with E-state index in [0.717, 1.165) is 25.0 Å². The molecule has 144 valence electrons. The molecule has 0 radical (unpaired) electrons. The molecule has 0 spiro atoms. The second-order valence-corrected chi connectivity index (χ2v) is 8.39. The monoisotopic (exact) mass is 388 g/mol. The molecular weight excluding hydrogens is 364 g/mol. The van der Waals surface area contributed by atoms with Gasteiger partial charge in [-0.1, -0.05) is 24.6 Å². The number of rotatable bonds is 7. The molecule has 1 aliphatic rings. The van der Waals surface area contributed by atoms with Crippen molar-refractivity contribution in [2.45, 2.75) is 30.6 Å². The van der Waals surface area contributed by atoms with Gasteiger partial charge in [0.25, 0.3) is 0 Å². The molecule has 2 aromatic carbocycles. The summed E-state index contributed by atoms with van der Waals surface area (Å²) < 4.78 is 32.3. The smallest absolute Gasteiger partial charge is 0.243 e. The first kappa shape index (κ1) is 19.4. The van der Waals surface area contributed by atoms with E-state index >= 15 is 0 Å². The van der Waals surface area contributed by atoms with E-state index in [0.29, 0.717) is 18.8 Å². The zero-order valence-electron chi connectivity index (χ0n) is 15.1. The largest absolute Gasteiger partial charge is 0.493 e. The molecule has 0 unspecified atom stereocenters. The first-order valence-corrected chi connectivity index (χ1v) is 10.6. The first-order chi connectivity index (χ1) is 13.1. The lowest BCUT2D eigenvalue weighted by Gasteiger charge is -2.25. The van der Waals surface area contributed by atoms with Gasteiger partial charge in [0.15, 0.2) is 0 Å². The lowest BCUT2D eigenvalue weighted by Crippen LogP contribution is -2.35. The summed E-state index contributed by atoms with van der Waals surface area (Å²) in [6.07, 6.45) is 3.09. The van der Waals surface area contributed by atoms with Gasteiger partial charge in [0, 0.05) is 18.8 Å². The van der Waals surface area contributed by atoms with Gasteiger partial charge < -0.3 is 10.1 Å². The van der Waals surface area contributed by atoms with Crippen LogP contribution in [0.4, 0.5) is 5.69 Å². The Bertz CT molecular complexity index is 845. The van der Waals surface area contributed by atoms with Crippen molar-refractivity contribution in [2.24, 2.45) is 0 Å². The van der Waals surface area contributed by atoms with Gasteiger partial charge in [-0.25, -0.2) is 8.42 Å². The van der Waals surface area contributed by atoms with E-state index < -0.39 is 10.0 Å². The molecule has 0 aliphatic carbocycles. The van der Waals surface area contributed by atoms with Crippen LogP contribution >= 0.6 is 0 Å². The van der Waals surface area contributed by atoms with Crippen LogP contribution in [0.5, 0.6) is 5.75 Å². The quantitative estimate of drug-likeness (QED) is 0.790. The highest BCUT2D eigenvalue weighted by molar-refractivity contribution is 7.89. The summed E-state index contributed by atoms with van der Waals surface area (Å²) >= 11 is 0. The van der Waals surface area contributed by atoms with E-state index in [-0.39, 0.29) is 23.8 Å². The van der Waals surface area contributed by atoms with Gasteiger partial charge in [-0.05, 0) is 49.2 Å². The molecule has 1 aliphatic heterocycles. The van der Waals surface area contributed by atoms with Crippen LogP contribution in [-0.4, -0.2) is 38.3 Å². The Labute approximate surface area is 160 Å². The number of carbonyl (C=O) groups excluding carboxylic acids is 1. The van der Waals surface area contributed by atoms with Crippen molar-refractivity contribution >= 4 is 21.6 Å². The summed E-state index contributed by atoms with van der Waals surface area (Å²) in [5.41, 5.74) is 0.567. The number of piperidine rings is 1. The molecule has 6 nitrogen and oxygen atoms in total. The Balaban J connectivity index is 1.51. The molecule has 1 amide bonds. The molecule has 1 fully saturated rings. The number of hydrogen-bond acceptors (Lipinski definition) is 4. The minimum atomic E-state index is -3.45. The summed E-state index contributed by atoms with van der Waals surface area (Å²) in [7, 11) is -3.45. The number of nitrogens with zero attached hydrogens (tertiary/aromatic N) is 1. The van der Waals surface area contributed by atoms with Crippen LogP contribution in [0.15, 0.2) is 59.5 Å². The molecule has 2 aromatic rings. The average Bonchev–Trinajstić information content (AvgIpc) is 2.70. The number of ether oxygens (including phenoxy) is 1. The maximum atomic E-state index is 12.6. The van der Waals surface area contributed by atoms with Crippen LogP contribution in [0, 0.1) is 0 Å². The highest BCUT2D eigenvalue weighted by atomic mass is 32.2. The Morgan fingerprint density at radius 1 is 0.963 bits per heavy atom. The van der Waals surface area contributed by atoms with Gasteiger partial charge in [0.05, 0.1) is 17.9 Å². The number of hydrogen-bond donors (Lipinski definition) is 1. The SMILES string of the molecule is O=C(CCOc1ccccc1)Nc1ccc(S(=O)(=O)N2CCCCC2)cc1. The fraction of sp³-hybridized carbons (Fsp3) is 0.350. The number of sulfonamides is 1. The van der Waals surface area contributed by atoms with E-state index in [4.69, 9.17) is 4.74 Å². The zero-order chi connectivity index (χ0) is 19.1. The molecule has 27 heavy (non-hydrogen) atoms. The summed E-state index contributed by atoms with van der Waals surface area (Å²) in [5.74, 6) is 0.537. The Kier molecular flexibility index (Phi) is 6.47. The molecular formula is C20H24N2O4S. The van der Waals surface area contributed by atoms with Crippen LogP contribution in [-0.2, 0) is 14.8 Å². The molecule has 1 N–H and O–H groups in total. The standard InChI is InChI=1S/C20H24N2O4S/c23-20(13-16-26-18-7-3-1-4-8-18)21-17-9-11-19(12-10-17)27(24,25)22-14-5-2-6-15-22/h1,3-4,7-12H,2,5-6,13-16H2,(H,21,23). The van der Waals surface area contributed by atoms with E-state index in [1.807, 2.05) is 30.3 Å². The first-order valence-electron chi connectivity index (χ1n) is 9.14. The molecule has 1 heterocycles. The fourth-order valence-corrected chi connectivity index (χ4v) is 4.48. The van der Waals surface area contributed by atoms with E-state index in [2.05, 4.69) is 5.32 Å². The van der Waals surface area contributed by atoms with E-state index in [1.165, 1.54) is 4.31 Å². The normalized spacial score (nSPS) is 15.3. The van der Waals surface area contributed by atoms with Crippen molar-refractivity contribution in [2.75, 3.05) is 25.0 Å². The van der Waals surface area contributed by atoms with Crippen LogP contribution < -0.4 is 10.1 Å². The third-order valence-electron chi connectivity index (χ3n) is 4.43. The van der Waals surface area contributed by atoms with Gasteiger partial charge in [-0.3, -0.25) is 4.79 Å². The fourth-order valence-electron chi connectivity index (χ4n) is 2.97. The summed E-state index contributed by atoms with van der Waals surface area (Å²) in [4.78, 5) is 12.3. The summed E-state index contributed by atoms with van der Waals surface area (Å²) in [6, 6.07) is 15.6. The van der Waals surface area contributed by atoms with Crippen molar-refractivity contribution in [3.63, 3.8) is 0 Å². The minimum absolute atomic E-state index is 0.183. The van der Waals surface area contributed by atoms with Crippen molar-refractivity contribution in [3.05, 3.63) is 54.6 Å². The van der Waals surface area contributed by atoms with Gasteiger partial charge in [-0.2, -0.15) is 4.31 Å². The number of carbonyl (C=O) groups is 1. The molecule has 7 heteroatoms. The molecule has 0 atom stereocenters. The lowest BCUT2D eigenvalue weighted by molar-refractivity contribution is -0.116. The number of benzene rings is 2. The third-order valence-corrected chi connectivity index (χ3v) is 6.34. The van der Waals surface area contributed by atoms with Crippen molar-refractivity contribution < 1.29 is 17.9 Å². The van der Waals surface area contributed by atoms with E-state index in [1.54, 1.807) is 24.3 Å². The molecule has 0 aromatic heterocycles. The molecule has 1 saturated heterocycles. The molecule has 0 saturated carbocycles. The van der Waals surface area contributed by atoms with Crippen molar-refractivity contribution in [3.8, 4) is 5.75 Å². The van der Waals surface area contributed by atoms with Crippen LogP contribution in [0.2, 0.25) is 0 Å². The highest BCUT2D eigenvalue weighted by Crippen LogP contribution is 2.22. The van der Waals surface area contributed by atoms with Crippen molar-refractivity contribution in [1.29, 1.82) is 0 Å². The number of nitrogens with one attached hydrogen (secondary N) is 1. The van der Waals surface area contributed by atoms with Crippen molar-refractivity contribution in [1.82, 2.24) is 4.31 Å². The predicted octanol–water partition coefficient (Wildman–Crippen LogP) is 3.27. The number of para-hydroxylation sites is 1. The average molecular weight is 388 g/mol. The second-order valence-electron chi connectivity index (χ2n) is 6.45. The maximum absolute atomic E-state index is 12.6. The predicted molar refractivity (Wildman–Crippen MR) is 104 cm³/mol. The Hall–Kier alpha value is -2.38. The topological polar surface area (TPSA) is 75.7 Å². The van der Waals surface area contributed by atoms with Crippen LogP contribution in [0.1, 0.15) is 25.7 Å². The van der Waals surface area contributed by atoms with Crippen LogP contribution in [0.25, 0.3) is 0 Å². The van der Waals surface area contributed by atoms with Gasteiger partial charge in [-0.15, -0.1) is 0 Å². The Morgan fingerprint density at radius 2 is 1.63 bits per heavy atom. The summed E-state index contributed by atoms with van der Waals surface area (Å²) in [5, 5.41) is 2.76. The summed E-state index contributed by atoms with van der Waals surface area (Å²) in [6.45, 7) is 1.42.